The van der Waals surface area contributed by atoms with Gasteiger partial charge in [-0.05, 0) is 36.2 Å². The van der Waals surface area contributed by atoms with E-state index < -0.39 is 10.0 Å². The van der Waals surface area contributed by atoms with Crippen LogP contribution in [0.3, 0.4) is 0 Å². The van der Waals surface area contributed by atoms with Crippen molar-refractivity contribution in [2.75, 3.05) is 17.5 Å². The number of benzene rings is 2. The molecule has 6 heteroatoms. The van der Waals surface area contributed by atoms with Crippen molar-refractivity contribution in [3.05, 3.63) is 60.2 Å². The highest BCUT2D eigenvalue weighted by Gasteiger charge is 2.24. The summed E-state index contributed by atoms with van der Waals surface area (Å²) in [6.45, 7) is 0.114. The van der Waals surface area contributed by atoms with Gasteiger partial charge in [0.1, 0.15) is 0 Å². The lowest BCUT2D eigenvalue weighted by molar-refractivity contribution is 0.291. The van der Waals surface area contributed by atoms with Gasteiger partial charge in [0, 0.05) is 13.2 Å². The Kier molecular flexibility index (Phi) is 5.74. The molecule has 0 aliphatic carbocycles. The average Bonchev–Trinajstić information content (AvgIpc) is 2.57. The van der Waals surface area contributed by atoms with Gasteiger partial charge in [-0.3, -0.25) is 4.31 Å². The summed E-state index contributed by atoms with van der Waals surface area (Å²) in [5.41, 5.74) is 1.33. The molecule has 1 N–H and O–H groups in total. The summed E-state index contributed by atoms with van der Waals surface area (Å²) in [5.74, 6) is 0. The zero-order valence-electron chi connectivity index (χ0n) is 12.6. The lowest BCUT2D eigenvalue weighted by atomic mass is 10.2. The Labute approximate surface area is 136 Å². The molecule has 2 aromatic carbocycles. The molecule has 5 nitrogen and oxygen atoms in total. The van der Waals surface area contributed by atoms with Crippen LogP contribution in [0.2, 0.25) is 0 Å². The monoisotopic (exact) mass is 330 g/mol. The molecule has 0 aliphatic rings. The summed E-state index contributed by atoms with van der Waals surface area (Å²) < 4.78 is 27.1. The molecule has 0 aromatic heterocycles. The van der Waals surface area contributed by atoms with Gasteiger partial charge in [-0.25, -0.2) is 8.42 Å². The molecule has 0 unspecified atom stereocenters. The van der Waals surface area contributed by atoms with Crippen molar-refractivity contribution < 1.29 is 13.5 Å². The van der Waals surface area contributed by atoms with Crippen LogP contribution in [-0.4, -0.2) is 26.7 Å². The van der Waals surface area contributed by atoms with Crippen LogP contribution in [0.5, 0.6) is 0 Å². The van der Waals surface area contributed by atoms with Crippen LogP contribution in [0.1, 0.15) is 12.0 Å². The number of aliphatic hydroxyl groups excluding tert-OH is 1. The van der Waals surface area contributed by atoms with Gasteiger partial charge in [-0.1, -0.05) is 30.3 Å². The van der Waals surface area contributed by atoms with Crippen LogP contribution in [0, 0.1) is 11.3 Å². The first-order valence-corrected chi connectivity index (χ1v) is 8.68. The number of anilines is 1. The smallest absolute Gasteiger partial charge is 0.264 e. The fourth-order valence-electron chi connectivity index (χ4n) is 2.19. The molecular weight excluding hydrogens is 312 g/mol. The van der Waals surface area contributed by atoms with Gasteiger partial charge in [-0.15, -0.1) is 0 Å². The molecule has 2 aromatic rings. The van der Waals surface area contributed by atoms with Gasteiger partial charge in [0.15, 0.2) is 0 Å². The summed E-state index contributed by atoms with van der Waals surface area (Å²) in [7, 11) is -3.72. The second-order valence-corrected chi connectivity index (χ2v) is 6.83. The number of para-hydroxylation sites is 1. The second kappa shape index (κ2) is 7.77. The van der Waals surface area contributed by atoms with Crippen LogP contribution >= 0.6 is 0 Å². The van der Waals surface area contributed by atoms with E-state index in [0.717, 1.165) is 5.56 Å². The Hall–Kier alpha value is -2.36. The molecule has 0 atom stereocenters. The maximum absolute atomic E-state index is 12.9. The zero-order chi connectivity index (χ0) is 16.7. The second-order valence-electron chi connectivity index (χ2n) is 4.97. The Morgan fingerprint density at radius 2 is 1.70 bits per heavy atom. The summed E-state index contributed by atoms with van der Waals surface area (Å²) in [6, 6.07) is 17.1. The van der Waals surface area contributed by atoms with Crippen LogP contribution in [0.15, 0.2) is 59.5 Å². The molecule has 0 radical (unpaired) electrons. The largest absolute Gasteiger partial charge is 0.396 e. The van der Waals surface area contributed by atoms with Crippen molar-refractivity contribution >= 4 is 15.7 Å². The highest BCUT2D eigenvalue weighted by atomic mass is 32.2. The first-order valence-electron chi connectivity index (χ1n) is 7.24. The van der Waals surface area contributed by atoms with Gasteiger partial charge in [0.25, 0.3) is 10.0 Å². The SMILES string of the molecule is N#CCc1ccc(S(=O)(=O)N(CCCO)c2ccccc2)cc1. The van der Waals surface area contributed by atoms with Gasteiger partial charge >= 0.3 is 0 Å². The zero-order valence-corrected chi connectivity index (χ0v) is 13.4. The summed E-state index contributed by atoms with van der Waals surface area (Å²) in [4.78, 5) is 0.168. The molecule has 0 saturated carbocycles. The van der Waals surface area contributed by atoms with Gasteiger partial charge in [0.2, 0.25) is 0 Å². The van der Waals surface area contributed by atoms with Gasteiger partial charge < -0.3 is 5.11 Å². The first kappa shape index (κ1) is 17.0. The van der Waals surface area contributed by atoms with Crippen molar-refractivity contribution in [3.8, 4) is 6.07 Å². The molecule has 2 rings (SSSR count). The van der Waals surface area contributed by atoms with E-state index in [1.54, 1.807) is 36.4 Å². The Bertz CT molecular complexity index is 766. The van der Waals surface area contributed by atoms with E-state index in [-0.39, 0.29) is 24.5 Å². The molecule has 0 fully saturated rings. The van der Waals surface area contributed by atoms with Crippen molar-refractivity contribution in [1.82, 2.24) is 0 Å². The fraction of sp³-hybridized carbons (Fsp3) is 0.235. The Morgan fingerprint density at radius 1 is 1.04 bits per heavy atom. The Balaban J connectivity index is 2.37. The minimum Gasteiger partial charge on any atom is -0.396 e. The molecule has 0 bridgehead atoms. The third kappa shape index (κ3) is 4.09. The topological polar surface area (TPSA) is 81.4 Å². The van der Waals surface area contributed by atoms with E-state index in [9.17, 15) is 8.42 Å². The molecule has 23 heavy (non-hydrogen) atoms. The molecular formula is C17H18N2O3S. The summed E-state index contributed by atoms with van der Waals surface area (Å²) in [6.07, 6.45) is 0.591. The highest BCUT2D eigenvalue weighted by Crippen LogP contribution is 2.24. The van der Waals surface area contributed by atoms with Crippen LogP contribution in [-0.2, 0) is 16.4 Å². The molecule has 0 saturated heterocycles. The molecule has 0 aliphatic heterocycles. The van der Waals surface area contributed by atoms with Crippen molar-refractivity contribution in [2.24, 2.45) is 0 Å². The van der Waals surface area contributed by atoms with E-state index in [0.29, 0.717) is 12.1 Å². The lowest BCUT2D eigenvalue weighted by Crippen LogP contribution is -2.32. The first-order chi connectivity index (χ1) is 11.1. The van der Waals surface area contributed by atoms with Crippen molar-refractivity contribution in [3.63, 3.8) is 0 Å². The Morgan fingerprint density at radius 3 is 2.26 bits per heavy atom. The van der Waals surface area contributed by atoms with E-state index >= 15 is 0 Å². The lowest BCUT2D eigenvalue weighted by Gasteiger charge is -2.24. The molecule has 120 valence electrons. The predicted molar refractivity (Wildman–Crippen MR) is 88.4 cm³/mol. The van der Waals surface area contributed by atoms with Gasteiger partial charge in [0.05, 0.1) is 23.1 Å². The maximum Gasteiger partial charge on any atom is 0.264 e. The summed E-state index contributed by atoms with van der Waals surface area (Å²) >= 11 is 0. The quantitative estimate of drug-likeness (QED) is 0.845. The van der Waals surface area contributed by atoms with Crippen LogP contribution in [0.25, 0.3) is 0 Å². The number of rotatable bonds is 7. The molecule has 0 heterocycles. The minimum atomic E-state index is -3.72. The normalized spacial score (nSPS) is 11.0. The fourth-order valence-corrected chi connectivity index (χ4v) is 3.70. The average molecular weight is 330 g/mol. The number of aliphatic hydroxyl groups is 1. The van der Waals surface area contributed by atoms with E-state index in [2.05, 4.69) is 0 Å². The number of nitriles is 1. The van der Waals surface area contributed by atoms with Crippen molar-refractivity contribution in [2.45, 2.75) is 17.7 Å². The minimum absolute atomic E-state index is 0.0834. The van der Waals surface area contributed by atoms with Crippen molar-refractivity contribution in [1.29, 1.82) is 5.26 Å². The van der Waals surface area contributed by atoms with E-state index in [4.69, 9.17) is 10.4 Å². The highest BCUT2D eigenvalue weighted by molar-refractivity contribution is 7.92. The third-order valence-electron chi connectivity index (χ3n) is 3.36. The van der Waals surface area contributed by atoms with E-state index in [1.807, 2.05) is 12.1 Å². The van der Waals surface area contributed by atoms with Crippen LogP contribution < -0.4 is 4.31 Å². The summed E-state index contributed by atoms with van der Waals surface area (Å²) in [5, 5.41) is 17.7. The number of hydrogen-bond acceptors (Lipinski definition) is 4. The standard InChI is InChI=1S/C17H18N2O3S/c18-12-11-15-7-9-17(10-8-15)23(21,22)19(13-4-14-20)16-5-2-1-3-6-16/h1-3,5-10,20H,4,11,13-14H2. The van der Waals surface area contributed by atoms with Crippen LogP contribution in [0.4, 0.5) is 5.69 Å². The molecule has 0 amide bonds. The van der Waals surface area contributed by atoms with Gasteiger partial charge in [-0.2, -0.15) is 5.26 Å². The number of hydrogen-bond donors (Lipinski definition) is 1. The third-order valence-corrected chi connectivity index (χ3v) is 5.20. The molecule has 0 spiro atoms. The van der Waals surface area contributed by atoms with E-state index in [1.165, 1.54) is 16.4 Å². The number of sulfonamides is 1. The maximum atomic E-state index is 12.9. The number of nitrogens with zero attached hydrogens (tertiary/aromatic N) is 2. The predicted octanol–water partition coefficient (Wildman–Crippen LogP) is 2.33.